The number of halogens is 4. The van der Waals surface area contributed by atoms with E-state index in [0.717, 1.165) is 0 Å². The van der Waals surface area contributed by atoms with Gasteiger partial charge in [0.15, 0.2) is 0 Å². The van der Waals surface area contributed by atoms with E-state index in [-0.39, 0.29) is 0 Å². The highest BCUT2D eigenvalue weighted by molar-refractivity contribution is 6.50. The maximum atomic E-state index is 9.75. The average Bonchev–Trinajstić information content (AvgIpc) is 2.34. The van der Waals surface area contributed by atoms with Gasteiger partial charge in [0, 0.05) is 0 Å². The molecule has 0 spiro atoms. The third-order valence-electron chi connectivity index (χ3n) is 3.10. The van der Waals surface area contributed by atoms with Gasteiger partial charge in [-0.2, -0.15) is 0 Å². The fourth-order valence-electron chi connectivity index (χ4n) is 2.01. The van der Waals surface area contributed by atoms with Crippen LogP contribution in [-0.2, 0) is 0 Å². The van der Waals surface area contributed by atoms with Crippen molar-refractivity contribution in [3.05, 3.63) is 0 Å². The molecule has 6 heteroatoms. The predicted molar refractivity (Wildman–Crippen MR) is 79.4 cm³/mol. The van der Waals surface area contributed by atoms with Gasteiger partial charge in [-0.05, 0) is 12.8 Å². The molecule has 0 fully saturated rings. The first-order valence-electron chi connectivity index (χ1n) is 8.07. The van der Waals surface area contributed by atoms with Crippen LogP contribution in [0.1, 0.15) is 77.6 Å². The highest BCUT2D eigenvalue weighted by atomic mass is 19.5. The number of hydrogen-bond donors (Lipinski definition) is 1. The van der Waals surface area contributed by atoms with Gasteiger partial charge < -0.3 is 22.6 Å². The van der Waals surface area contributed by atoms with Gasteiger partial charge in [0.1, 0.15) is 0 Å². The van der Waals surface area contributed by atoms with Crippen molar-refractivity contribution in [2.45, 2.75) is 77.6 Å². The molecule has 0 radical (unpaired) electrons. The summed E-state index contributed by atoms with van der Waals surface area (Å²) in [5, 5.41) is 2.29. The summed E-state index contributed by atoms with van der Waals surface area (Å²) in [6.45, 7) is 3.60. The molecule has 0 rings (SSSR count). The van der Waals surface area contributed by atoms with E-state index in [1.807, 2.05) is 0 Å². The number of quaternary nitrogens is 1. The molecule has 0 bridgehead atoms. The molecule has 1 nitrogen and oxygen atoms in total. The van der Waals surface area contributed by atoms with E-state index in [1.54, 1.807) is 0 Å². The Bertz CT molecular complexity index is 159. The summed E-state index contributed by atoms with van der Waals surface area (Å²) < 4.78 is 39.0. The van der Waals surface area contributed by atoms with Crippen molar-refractivity contribution in [1.82, 2.24) is 0 Å². The lowest BCUT2D eigenvalue weighted by molar-refractivity contribution is -0.627. The van der Waals surface area contributed by atoms with Crippen molar-refractivity contribution in [2.75, 3.05) is 13.6 Å². The zero-order chi connectivity index (χ0) is 15.7. The smallest absolute Gasteiger partial charge is 0.418 e. The fraction of sp³-hybridized carbons (Fsp3) is 1.00. The molecule has 2 N–H and O–H groups in total. The molecule has 0 aliphatic heterocycles. The topological polar surface area (TPSA) is 16.6 Å². The molecule has 0 unspecified atom stereocenters. The Balaban J connectivity index is 0. The molecule has 0 heterocycles. The lowest BCUT2D eigenvalue weighted by atomic mass is 10.1. The fourth-order valence-corrected chi connectivity index (χ4v) is 2.01. The summed E-state index contributed by atoms with van der Waals surface area (Å²) in [6.07, 6.45) is 15.9. The van der Waals surface area contributed by atoms with Crippen molar-refractivity contribution in [3.63, 3.8) is 0 Å². The first kappa shape index (κ1) is 22.0. The maximum absolute atomic E-state index is 9.75. The summed E-state index contributed by atoms with van der Waals surface area (Å²) >= 11 is 0. The summed E-state index contributed by atoms with van der Waals surface area (Å²) in [5.74, 6) is 0. The standard InChI is InChI=1S/C14H31N.BF4/c1-3-4-5-6-7-8-9-10-11-12-13-14-15-2;2-1(3,4)5/h15H,3-14H2,1-2H3;/q;-1/p+1. The van der Waals surface area contributed by atoms with Crippen molar-refractivity contribution in [2.24, 2.45) is 0 Å². The second kappa shape index (κ2) is 16.8. The Morgan fingerprint density at radius 3 is 1.25 bits per heavy atom. The first-order chi connectivity index (χ1) is 9.41. The van der Waals surface area contributed by atoms with Crippen molar-refractivity contribution in [1.29, 1.82) is 0 Å². The third-order valence-corrected chi connectivity index (χ3v) is 3.10. The highest BCUT2D eigenvalue weighted by Crippen LogP contribution is 2.10. The van der Waals surface area contributed by atoms with Gasteiger partial charge in [-0.3, -0.25) is 0 Å². The van der Waals surface area contributed by atoms with Gasteiger partial charge in [-0.15, -0.1) is 0 Å². The van der Waals surface area contributed by atoms with Crippen LogP contribution in [0.2, 0.25) is 0 Å². The SMILES string of the molecule is CCCCCCCCCCCCC[NH2+]C.F[B-](F)(F)F. The number of nitrogens with two attached hydrogens (primary N) is 1. The van der Waals surface area contributed by atoms with Gasteiger partial charge in [-0.1, -0.05) is 64.7 Å². The molecule has 0 atom stereocenters. The monoisotopic (exact) mass is 301 g/mol. The number of rotatable bonds is 12. The van der Waals surface area contributed by atoms with E-state index < -0.39 is 7.25 Å². The Kier molecular flexibility index (Phi) is 18.5. The van der Waals surface area contributed by atoms with Crippen LogP contribution in [0.25, 0.3) is 0 Å². The van der Waals surface area contributed by atoms with Crippen LogP contribution in [0, 0.1) is 0 Å². The molecule has 0 aromatic rings. The Hall–Kier alpha value is -0.255. The van der Waals surface area contributed by atoms with Crippen LogP contribution >= 0.6 is 0 Å². The zero-order valence-corrected chi connectivity index (χ0v) is 13.2. The second-order valence-corrected chi connectivity index (χ2v) is 5.23. The quantitative estimate of drug-likeness (QED) is 0.303. The van der Waals surface area contributed by atoms with Gasteiger partial charge in [0.25, 0.3) is 0 Å². The predicted octanol–water partition coefficient (Wildman–Crippen LogP) is 4.79. The highest BCUT2D eigenvalue weighted by Gasteiger charge is 2.20. The van der Waals surface area contributed by atoms with E-state index in [2.05, 4.69) is 19.3 Å². The minimum atomic E-state index is -6.00. The zero-order valence-electron chi connectivity index (χ0n) is 13.2. The van der Waals surface area contributed by atoms with Gasteiger partial charge in [-0.25, -0.2) is 0 Å². The van der Waals surface area contributed by atoms with E-state index >= 15 is 0 Å². The molecule has 20 heavy (non-hydrogen) atoms. The van der Waals surface area contributed by atoms with E-state index in [9.17, 15) is 17.3 Å². The van der Waals surface area contributed by atoms with Crippen molar-refractivity contribution >= 4 is 7.25 Å². The molecule has 0 aliphatic rings. The number of unbranched alkanes of at least 4 members (excludes halogenated alkanes) is 10. The molecule has 0 saturated heterocycles. The van der Waals surface area contributed by atoms with Gasteiger partial charge >= 0.3 is 7.25 Å². The van der Waals surface area contributed by atoms with Gasteiger partial charge in [0.05, 0.1) is 13.6 Å². The molecule has 0 aromatic carbocycles. The minimum Gasteiger partial charge on any atom is -0.418 e. The van der Waals surface area contributed by atoms with Crippen LogP contribution < -0.4 is 5.32 Å². The molecule has 0 aliphatic carbocycles. The third kappa shape index (κ3) is 36.1. The van der Waals surface area contributed by atoms with Crippen molar-refractivity contribution < 1.29 is 22.6 Å². The van der Waals surface area contributed by atoms with Crippen LogP contribution in [-0.4, -0.2) is 20.8 Å². The van der Waals surface area contributed by atoms with E-state index in [0.29, 0.717) is 0 Å². The van der Waals surface area contributed by atoms with Crippen LogP contribution in [0.4, 0.5) is 17.3 Å². The largest absolute Gasteiger partial charge is 0.673 e. The van der Waals surface area contributed by atoms with Crippen LogP contribution in [0.15, 0.2) is 0 Å². The van der Waals surface area contributed by atoms with E-state index in [1.165, 1.54) is 77.2 Å². The molecule has 0 amide bonds. The Morgan fingerprint density at radius 1 is 0.650 bits per heavy atom. The molecule has 0 aromatic heterocycles. The van der Waals surface area contributed by atoms with Crippen molar-refractivity contribution in [3.8, 4) is 0 Å². The summed E-state index contributed by atoms with van der Waals surface area (Å²) in [6, 6.07) is 0. The Labute approximate surface area is 122 Å². The van der Waals surface area contributed by atoms with Crippen LogP contribution in [0.3, 0.4) is 0 Å². The normalized spacial score (nSPS) is 11.1. The molecular weight excluding hydrogens is 269 g/mol. The van der Waals surface area contributed by atoms with Crippen LogP contribution in [0.5, 0.6) is 0 Å². The first-order valence-corrected chi connectivity index (χ1v) is 8.07. The second-order valence-electron chi connectivity index (χ2n) is 5.23. The minimum absolute atomic E-state index is 1.32. The average molecular weight is 301 g/mol. The number of hydrogen-bond acceptors (Lipinski definition) is 0. The lowest BCUT2D eigenvalue weighted by Gasteiger charge is -2.01. The summed E-state index contributed by atoms with van der Waals surface area (Å²) in [5.41, 5.74) is 0. The Morgan fingerprint density at radius 2 is 0.950 bits per heavy atom. The summed E-state index contributed by atoms with van der Waals surface area (Å²) in [4.78, 5) is 0. The van der Waals surface area contributed by atoms with E-state index in [4.69, 9.17) is 0 Å². The molecule has 124 valence electrons. The summed E-state index contributed by atoms with van der Waals surface area (Å²) in [7, 11) is -3.84. The molecule has 0 saturated carbocycles. The maximum Gasteiger partial charge on any atom is 0.673 e. The lowest BCUT2D eigenvalue weighted by Crippen LogP contribution is -2.79. The van der Waals surface area contributed by atoms with Gasteiger partial charge in [0.2, 0.25) is 0 Å². The molecular formula is C14H32BF4N.